The van der Waals surface area contributed by atoms with Crippen LogP contribution in [0.2, 0.25) is 0 Å². The fourth-order valence-corrected chi connectivity index (χ4v) is 2.09. The van der Waals surface area contributed by atoms with Crippen LogP contribution in [0, 0.1) is 6.92 Å². The van der Waals surface area contributed by atoms with Gasteiger partial charge in [0, 0.05) is 5.56 Å². The van der Waals surface area contributed by atoms with Gasteiger partial charge in [0.2, 0.25) is 0 Å². The standard InChI is InChI=1S/C18H17NO3S/c1-11-4-6-14(7-5-11)17-9-8-15(22-17)10-16(12(2)20)18(21)19-13(3)23/h4-10H,1-3H3,(H,19,21,23)/b16-10-. The first-order valence-corrected chi connectivity index (χ1v) is 7.49. The third kappa shape index (κ3) is 4.47. The van der Waals surface area contributed by atoms with E-state index in [4.69, 9.17) is 16.6 Å². The molecule has 0 aliphatic carbocycles. The van der Waals surface area contributed by atoms with E-state index in [1.807, 2.05) is 31.2 Å². The van der Waals surface area contributed by atoms with Crippen molar-refractivity contribution in [2.24, 2.45) is 0 Å². The zero-order chi connectivity index (χ0) is 17.0. The van der Waals surface area contributed by atoms with Gasteiger partial charge in [0.15, 0.2) is 5.78 Å². The maximum atomic E-state index is 12.0. The number of hydrogen-bond acceptors (Lipinski definition) is 4. The van der Waals surface area contributed by atoms with Crippen molar-refractivity contribution in [1.29, 1.82) is 0 Å². The number of benzene rings is 1. The minimum Gasteiger partial charge on any atom is -0.457 e. The summed E-state index contributed by atoms with van der Waals surface area (Å²) in [4.78, 5) is 24.0. The highest BCUT2D eigenvalue weighted by molar-refractivity contribution is 7.80. The summed E-state index contributed by atoms with van der Waals surface area (Å²) in [5.41, 5.74) is 2.09. The van der Waals surface area contributed by atoms with Gasteiger partial charge in [-0.2, -0.15) is 0 Å². The number of furan rings is 1. The summed E-state index contributed by atoms with van der Waals surface area (Å²) in [6, 6.07) is 11.4. The van der Waals surface area contributed by atoms with Crippen LogP contribution in [0.25, 0.3) is 17.4 Å². The molecule has 23 heavy (non-hydrogen) atoms. The van der Waals surface area contributed by atoms with E-state index < -0.39 is 5.91 Å². The maximum Gasteiger partial charge on any atom is 0.259 e. The number of Topliss-reactive ketones (excluding diaryl/α,β-unsaturated/α-hetero) is 1. The van der Waals surface area contributed by atoms with Gasteiger partial charge in [0.1, 0.15) is 11.5 Å². The Balaban J connectivity index is 2.30. The average molecular weight is 327 g/mol. The Morgan fingerprint density at radius 1 is 1.09 bits per heavy atom. The molecule has 0 unspecified atom stereocenters. The Bertz CT molecular complexity index is 785. The van der Waals surface area contributed by atoms with Crippen LogP contribution in [0.5, 0.6) is 0 Å². The quantitative estimate of drug-likeness (QED) is 0.403. The molecule has 0 aliphatic heterocycles. The Morgan fingerprint density at radius 3 is 2.30 bits per heavy atom. The molecule has 0 saturated heterocycles. The molecule has 5 heteroatoms. The molecule has 1 N–H and O–H groups in total. The van der Waals surface area contributed by atoms with Crippen molar-refractivity contribution in [3.8, 4) is 11.3 Å². The van der Waals surface area contributed by atoms with Crippen LogP contribution in [0.15, 0.2) is 46.4 Å². The highest BCUT2D eigenvalue weighted by Gasteiger charge is 2.16. The molecule has 1 heterocycles. The zero-order valence-corrected chi connectivity index (χ0v) is 14.0. The largest absolute Gasteiger partial charge is 0.457 e. The van der Waals surface area contributed by atoms with Gasteiger partial charge in [-0.25, -0.2) is 0 Å². The third-order valence-electron chi connectivity index (χ3n) is 3.16. The lowest BCUT2D eigenvalue weighted by Gasteiger charge is -2.03. The van der Waals surface area contributed by atoms with Gasteiger partial charge >= 0.3 is 0 Å². The number of ketones is 1. The van der Waals surface area contributed by atoms with Crippen molar-refractivity contribution in [2.45, 2.75) is 20.8 Å². The third-order valence-corrected chi connectivity index (χ3v) is 3.27. The highest BCUT2D eigenvalue weighted by Crippen LogP contribution is 2.23. The van der Waals surface area contributed by atoms with E-state index in [1.54, 1.807) is 19.1 Å². The summed E-state index contributed by atoms with van der Waals surface area (Å²) in [5.74, 6) is 0.221. The fraction of sp³-hybridized carbons (Fsp3) is 0.167. The van der Waals surface area contributed by atoms with Crippen LogP contribution in [-0.4, -0.2) is 16.7 Å². The van der Waals surface area contributed by atoms with Crippen LogP contribution < -0.4 is 5.32 Å². The van der Waals surface area contributed by atoms with Crippen molar-refractivity contribution in [3.63, 3.8) is 0 Å². The number of aryl methyl sites for hydroxylation is 1. The highest BCUT2D eigenvalue weighted by atomic mass is 32.1. The van der Waals surface area contributed by atoms with E-state index >= 15 is 0 Å². The molecular weight excluding hydrogens is 310 g/mol. The van der Waals surface area contributed by atoms with Gasteiger partial charge in [0.25, 0.3) is 5.91 Å². The summed E-state index contributed by atoms with van der Waals surface area (Å²) in [5, 5.41) is 2.45. The first-order valence-electron chi connectivity index (χ1n) is 7.08. The number of carbonyl (C=O) groups is 2. The first-order chi connectivity index (χ1) is 10.9. The smallest absolute Gasteiger partial charge is 0.259 e. The molecule has 0 saturated carbocycles. The van der Waals surface area contributed by atoms with Crippen molar-refractivity contribution in [3.05, 3.63) is 53.3 Å². The number of thiocarbonyl (C=S) groups is 1. The van der Waals surface area contributed by atoms with Crippen LogP contribution in [0.1, 0.15) is 25.2 Å². The Labute approximate surface area is 140 Å². The molecule has 1 aromatic carbocycles. The molecule has 118 valence electrons. The summed E-state index contributed by atoms with van der Waals surface area (Å²) in [6.07, 6.45) is 1.42. The lowest BCUT2D eigenvalue weighted by Crippen LogP contribution is -2.30. The molecule has 1 amide bonds. The second-order valence-corrected chi connectivity index (χ2v) is 5.80. The minimum absolute atomic E-state index is 0.000920. The average Bonchev–Trinajstić information content (AvgIpc) is 2.93. The van der Waals surface area contributed by atoms with Crippen molar-refractivity contribution in [1.82, 2.24) is 5.32 Å². The molecule has 0 radical (unpaired) electrons. The monoisotopic (exact) mass is 327 g/mol. The number of rotatable bonds is 4. The van der Waals surface area contributed by atoms with Gasteiger partial charge in [0.05, 0.1) is 10.6 Å². The van der Waals surface area contributed by atoms with Gasteiger partial charge in [-0.05, 0) is 39.0 Å². The summed E-state index contributed by atoms with van der Waals surface area (Å²) >= 11 is 4.83. The van der Waals surface area contributed by atoms with E-state index in [-0.39, 0.29) is 11.4 Å². The molecule has 0 atom stereocenters. The Kier molecular flexibility index (Phi) is 5.24. The van der Waals surface area contributed by atoms with Crippen molar-refractivity contribution < 1.29 is 14.0 Å². The van der Waals surface area contributed by atoms with Gasteiger partial charge < -0.3 is 9.73 Å². The lowest BCUT2D eigenvalue weighted by atomic mass is 10.1. The van der Waals surface area contributed by atoms with Crippen LogP contribution in [-0.2, 0) is 9.59 Å². The van der Waals surface area contributed by atoms with E-state index in [0.717, 1.165) is 11.1 Å². The Hall–Kier alpha value is -2.53. The second kappa shape index (κ2) is 7.15. The van der Waals surface area contributed by atoms with E-state index in [9.17, 15) is 9.59 Å². The number of carbonyl (C=O) groups excluding carboxylic acids is 2. The maximum absolute atomic E-state index is 12.0. The topological polar surface area (TPSA) is 59.3 Å². The van der Waals surface area contributed by atoms with Crippen LogP contribution in [0.4, 0.5) is 0 Å². The second-order valence-electron chi connectivity index (χ2n) is 5.19. The van der Waals surface area contributed by atoms with Gasteiger partial charge in [-0.1, -0.05) is 42.0 Å². The van der Waals surface area contributed by atoms with Crippen LogP contribution >= 0.6 is 12.2 Å². The number of nitrogens with one attached hydrogen (secondary N) is 1. The minimum atomic E-state index is -0.529. The molecule has 4 nitrogen and oxygen atoms in total. The molecule has 2 rings (SSSR count). The predicted octanol–water partition coefficient (Wildman–Crippen LogP) is 3.69. The number of hydrogen-bond donors (Lipinski definition) is 1. The molecule has 0 fully saturated rings. The molecule has 0 bridgehead atoms. The van der Waals surface area contributed by atoms with Gasteiger partial charge in [-0.15, -0.1) is 0 Å². The molecule has 0 spiro atoms. The summed E-state index contributed by atoms with van der Waals surface area (Å²) < 4.78 is 5.70. The van der Waals surface area contributed by atoms with E-state index in [1.165, 1.54) is 13.0 Å². The number of amides is 1. The Morgan fingerprint density at radius 2 is 1.74 bits per heavy atom. The van der Waals surface area contributed by atoms with Crippen LogP contribution in [0.3, 0.4) is 0 Å². The van der Waals surface area contributed by atoms with Gasteiger partial charge in [-0.3, -0.25) is 9.59 Å². The first kappa shape index (κ1) is 16.8. The SMILES string of the molecule is CC(=O)/C(=C/c1ccc(-c2ccc(C)cc2)o1)C(=O)NC(C)=S. The zero-order valence-electron chi connectivity index (χ0n) is 13.2. The van der Waals surface area contributed by atoms with Crippen molar-refractivity contribution >= 4 is 35.0 Å². The van der Waals surface area contributed by atoms with E-state index in [2.05, 4.69) is 5.32 Å². The summed E-state index contributed by atoms with van der Waals surface area (Å²) in [7, 11) is 0. The molecule has 2 aromatic rings. The van der Waals surface area contributed by atoms with E-state index in [0.29, 0.717) is 16.5 Å². The lowest BCUT2D eigenvalue weighted by molar-refractivity contribution is -0.120. The molecule has 0 aliphatic rings. The predicted molar refractivity (Wildman–Crippen MR) is 94.0 cm³/mol. The normalized spacial score (nSPS) is 11.2. The fourth-order valence-electron chi connectivity index (χ4n) is 2.00. The van der Waals surface area contributed by atoms with Crippen molar-refractivity contribution in [2.75, 3.05) is 0 Å². The summed E-state index contributed by atoms with van der Waals surface area (Å²) in [6.45, 7) is 4.91. The molecule has 1 aromatic heterocycles. The molecular formula is C18H17NO3S.